The van der Waals surface area contributed by atoms with E-state index in [9.17, 15) is 4.79 Å². The zero-order valence-corrected chi connectivity index (χ0v) is 12.5. The zero-order valence-electron chi connectivity index (χ0n) is 11.7. The lowest BCUT2D eigenvalue weighted by atomic mass is 9.93. The first kappa shape index (κ1) is 13.9. The number of hydrogen-bond acceptors (Lipinski definition) is 3. The van der Waals surface area contributed by atoms with Crippen LogP contribution in [-0.4, -0.2) is 42.9 Å². The third-order valence-corrected chi connectivity index (χ3v) is 4.79. The summed E-state index contributed by atoms with van der Waals surface area (Å²) in [5, 5.41) is 0.791. The van der Waals surface area contributed by atoms with Crippen molar-refractivity contribution < 1.29 is 4.79 Å². The molecule has 20 heavy (non-hydrogen) atoms. The summed E-state index contributed by atoms with van der Waals surface area (Å²) in [5.41, 5.74) is 1.26. The first-order valence-electron chi connectivity index (χ1n) is 7.48. The topological polar surface area (TPSA) is 23.6 Å². The third kappa shape index (κ3) is 3.15. The highest BCUT2D eigenvalue weighted by molar-refractivity contribution is 6.30. The van der Waals surface area contributed by atoms with Crippen LogP contribution in [0.15, 0.2) is 24.3 Å². The van der Waals surface area contributed by atoms with Gasteiger partial charge in [-0.25, -0.2) is 0 Å². The van der Waals surface area contributed by atoms with E-state index in [4.69, 9.17) is 11.6 Å². The smallest absolute Gasteiger partial charge is 0.133 e. The van der Waals surface area contributed by atoms with Crippen molar-refractivity contribution in [1.82, 2.24) is 4.90 Å². The van der Waals surface area contributed by atoms with Crippen LogP contribution in [0, 0.1) is 0 Å². The molecule has 1 heterocycles. The second kappa shape index (κ2) is 6.15. The Bertz CT molecular complexity index is 456. The van der Waals surface area contributed by atoms with Gasteiger partial charge in [0.25, 0.3) is 0 Å². The first-order chi connectivity index (χ1) is 9.72. The van der Waals surface area contributed by atoms with Crippen LogP contribution >= 0.6 is 11.6 Å². The lowest BCUT2D eigenvalue weighted by Crippen LogP contribution is -2.51. The van der Waals surface area contributed by atoms with Crippen molar-refractivity contribution >= 4 is 23.1 Å². The molecule has 0 aromatic heterocycles. The van der Waals surface area contributed by atoms with E-state index in [1.54, 1.807) is 0 Å². The molecule has 3 nitrogen and oxygen atoms in total. The summed E-state index contributed by atoms with van der Waals surface area (Å²) in [6, 6.07) is 8.72. The molecule has 1 aromatic carbocycles. The number of piperazine rings is 1. The van der Waals surface area contributed by atoms with E-state index in [1.807, 2.05) is 12.1 Å². The molecule has 2 aliphatic rings. The highest BCUT2D eigenvalue weighted by atomic mass is 35.5. The van der Waals surface area contributed by atoms with Crippen LogP contribution in [0.2, 0.25) is 5.02 Å². The fourth-order valence-electron chi connectivity index (χ4n) is 3.29. The molecular formula is C16H21ClN2O. The number of benzene rings is 1. The SMILES string of the molecule is O=C1CCC(N2CCN(c3ccc(Cl)cc3)CC2)CC1. The largest absolute Gasteiger partial charge is 0.369 e. The minimum atomic E-state index is 0.445. The molecule has 0 unspecified atom stereocenters. The molecule has 0 bridgehead atoms. The molecule has 0 N–H and O–H groups in total. The Morgan fingerprint density at radius 1 is 0.950 bits per heavy atom. The molecule has 1 aliphatic carbocycles. The van der Waals surface area contributed by atoms with Crippen molar-refractivity contribution in [2.24, 2.45) is 0 Å². The van der Waals surface area contributed by atoms with Gasteiger partial charge in [-0.15, -0.1) is 0 Å². The van der Waals surface area contributed by atoms with Crippen LogP contribution in [-0.2, 0) is 4.79 Å². The average Bonchev–Trinajstić information content (AvgIpc) is 2.49. The van der Waals surface area contributed by atoms with Crippen molar-refractivity contribution in [2.45, 2.75) is 31.7 Å². The van der Waals surface area contributed by atoms with Crippen LogP contribution in [0.25, 0.3) is 0 Å². The Morgan fingerprint density at radius 3 is 2.15 bits per heavy atom. The summed E-state index contributed by atoms with van der Waals surface area (Å²) in [6.07, 6.45) is 3.67. The summed E-state index contributed by atoms with van der Waals surface area (Å²) in [7, 11) is 0. The van der Waals surface area contributed by atoms with E-state index in [0.29, 0.717) is 11.8 Å². The van der Waals surface area contributed by atoms with Crippen molar-refractivity contribution in [3.8, 4) is 0 Å². The maximum atomic E-state index is 11.3. The number of rotatable bonds is 2. The summed E-state index contributed by atoms with van der Waals surface area (Å²) in [6.45, 7) is 4.32. The van der Waals surface area contributed by atoms with Crippen molar-refractivity contribution in [3.63, 3.8) is 0 Å². The minimum Gasteiger partial charge on any atom is -0.369 e. The number of hydrogen-bond donors (Lipinski definition) is 0. The number of carbonyl (C=O) groups is 1. The van der Waals surface area contributed by atoms with Crippen molar-refractivity contribution in [2.75, 3.05) is 31.1 Å². The van der Waals surface area contributed by atoms with E-state index < -0.39 is 0 Å². The molecule has 4 heteroatoms. The Balaban J connectivity index is 1.54. The van der Waals surface area contributed by atoms with Gasteiger partial charge in [0.2, 0.25) is 0 Å². The van der Waals surface area contributed by atoms with Gasteiger partial charge in [0.15, 0.2) is 0 Å². The second-order valence-corrected chi connectivity index (χ2v) is 6.21. The summed E-state index contributed by atoms with van der Waals surface area (Å²) < 4.78 is 0. The van der Waals surface area contributed by atoms with Gasteiger partial charge in [-0.1, -0.05) is 11.6 Å². The van der Waals surface area contributed by atoms with E-state index >= 15 is 0 Å². The van der Waals surface area contributed by atoms with Gasteiger partial charge in [-0.05, 0) is 37.1 Å². The quantitative estimate of drug-likeness (QED) is 0.837. The molecule has 1 aromatic rings. The maximum Gasteiger partial charge on any atom is 0.133 e. The molecule has 0 spiro atoms. The van der Waals surface area contributed by atoms with Gasteiger partial charge in [-0.3, -0.25) is 9.69 Å². The summed E-state index contributed by atoms with van der Waals surface area (Å²) in [4.78, 5) is 16.3. The van der Waals surface area contributed by atoms with E-state index in [1.165, 1.54) is 5.69 Å². The van der Waals surface area contributed by atoms with Gasteiger partial charge in [0.05, 0.1) is 0 Å². The molecular weight excluding hydrogens is 272 g/mol. The number of ketones is 1. The van der Waals surface area contributed by atoms with Crippen molar-refractivity contribution in [3.05, 3.63) is 29.3 Å². The molecule has 0 amide bonds. The first-order valence-corrected chi connectivity index (χ1v) is 7.86. The summed E-state index contributed by atoms with van der Waals surface area (Å²) >= 11 is 5.93. The Kier molecular flexibility index (Phi) is 4.27. The second-order valence-electron chi connectivity index (χ2n) is 5.77. The number of nitrogens with zero attached hydrogens (tertiary/aromatic N) is 2. The molecule has 1 saturated heterocycles. The van der Waals surface area contributed by atoms with Crippen LogP contribution in [0.4, 0.5) is 5.69 Å². The van der Waals surface area contributed by atoms with Crippen molar-refractivity contribution in [1.29, 1.82) is 0 Å². The monoisotopic (exact) mass is 292 g/mol. The fourth-order valence-corrected chi connectivity index (χ4v) is 3.41. The van der Waals surface area contributed by atoms with Gasteiger partial charge in [0.1, 0.15) is 5.78 Å². The Labute approximate surface area is 125 Å². The normalized spacial score (nSPS) is 22.2. The predicted octanol–water partition coefficient (Wildman–Crippen LogP) is 2.97. The summed E-state index contributed by atoms with van der Waals surface area (Å²) in [5.74, 6) is 0.445. The highest BCUT2D eigenvalue weighted by Gasteiger charge is 2.27. The molecule has 1 saturated carbocycles. The maximum absolute atomic E-state index is 11.3. The Morgan fingerprint density at radius 2 is 1.55 bits per heavy atom. The fraction of sp³-hybridized carbons (Fsp3) is 0.562. The third-order valence-electron chi connectivity index (χ3n) is 4.54. The predicted molar refractivity (Wildman–Crippen MR) is 82.5 cm³/mol. The van der Waals surface area contributed by atoms with Gasteiger partial charge in [-0.2, -0.15) is 0 Å². The molecule has 0 atom stereocenters. The minimum absolute atomic E-state index is 0.445. The lowest BCUT2D eigenvalue weighted by Gasteiger charge is -2.41. The van der Waals surface area contributed by atoms with Gasteiger partial charge >= 0.3 is 0 Å². The van der Waals surface area contributed by atoms with E-state index in [2.05, 4.69) is 21.9 Å². The highest BCUT2D eigenvalue weighted by Crippen LogP contribution is 2.24. The zero-order chi connectivity index (χ0) is 13.9. The van der Waals surface area contributed by atoms with E-state index in [0.717, 1.165) is 56.9 Å². The van der Waals surface area contributed by atoms with Crippen LogP contribution in [0.1, 0.15) is 25.7 Å². The number of halogens is 1. The Hall–Kier alpha value is -1.06. The molecule has 2 fully saturated rings. The lowest BCUT2D eigenvalue weighted by molar-refractivity contribution is -0.121. The van der Waals surface area contributed by atoms with Crippen LogP contribution in [0.5, 0.6) is 0 Å². The van der Waals surface area contributed by atoms with Gasteiger partial charge < -0.3 is 4.90 Å². The molecule has 3 rings (SSSR count). The molecule has 108 valence electrons. The molecule has 0 radical (unpaired) electrons. The van der Waals surface area contributed by atoms with E-state index in [-0.39, 0.29) is 0 Å². The van der Waals surface area contributed by atoms with Crippen LogP contribution < -0.4 is 4.90 Å². The standard InChI is InChI=1S/C16H21ClN2O/c17-13-1-3-14(4-2-13)18-9-11-19(12-10-18)15-5-7-16(20)8-6-15/h1-4,15H,5-12H2. The number of Topliss-reactive ketones (excluding diaryl/α,β-unsaturated/α-hetero) is 1. The number of anilines is 1. The average molecular weight is 293 g/mol. The number of carbonyl (C=O) groups excluding carboxylic acids is 1. The molecule has 1 aliphatic heterocycles. The van der Waals surface area contributed by atoms with Gasteiger partial charge in [0, 0.05) is 55.8 Å². The van der Waals surface area contributed by atoms with Crippen LogP contribution in [0.3, 0.4) is 0 Å².